The van der Waals surface area contributed by atoms with Gasteiger partial charge < -0.3 is 0 Å². The van der Waals surface area contributed by atoms with Crippen molar-refractivity contribution in [2.75, 3.05) is 0 Å². The molecular formula is C10H5F5O2. The summed E-state index contributed by atoms with van der Waals surface area (Å²) < 4.78 is 62.5. The van der Waals surface area contributed by atoms with Crippen LogP contribution in [0.1, 0.15) is 38.3 Å². The second kappa shape index (κ2) is 4.60. The highest BCUT2D eigenvalue weighted by Gasteiger charge is 2.38. The minimum Gasteiger partial charge on any atom is -0.298 e. The minimum atomic E-state index is -5.08. The molecule has 2 nitrogen and oxygen atoms in total. The van der Waals surface area contributed by atoms with Gasteiger partial charge in [0.25, 0.3) is 6.43 Å². The summed E-state index contributed by atoms with van der Waals surface area (Å²) in [5.74, 6) is 0. The summed E-state index contributed by atoms with van der Waals surface area (Å²) in [4.78, 5) is 20.8. The zero-order valence-corrected chi connectivity index (χ0v) is 8.09. The molecule has 1 aromatic carbocycles. The van der Waals surface area contributed by atoms with Gasteiger partial charge in [-0.3, -0.25) is 9.59 Å². The molecule has 0 aliphatic rings. The van der Waals surface area contributed by atoms with Gasteiger partial charge in [-0.25, -0.2) is 8.78 Å². The van der Waals surface area contributed by atoms with Gasteiger partial charge in [0.05, 0.1) is 5.56 Å². The maximum Gasteiger partial charge on any atom is 0.417 e. The van der Waals surface area contributed by atoms with Gasteiger partial charge in [0.1, 0.15) is 6.29 Å². The molecule has 0 fully saturated rings. The Kier molecular flexibility index (Phi) is 3.59. The fourth-order valence-corrected chi connectivity index (χ4v) is 1.37. The highest BCUT2D eigenvalue weighted by atomic mass is 19.4. The van der Waals surface area contributed by atoms with E-state index in [0.29, 0.717) is 12.1 Å². The van der Waals surface area contributed by atoms with Crippen molar-refractivity contribution in [3.63, 3.8) is 0 Å². The van der Waals surface area contributed by atoms with Crippen LogP contribution in [0.5, 0.6) is 0 Å². The molecular weight excluding hydrogens is 247 g/mol. The molecule has 7 heteroatoms. The van der Waals surface area contributed by atoms with Gasteiger partial charge in [0.2, 0.25) is 0 Å². The molecule has 0 atom stereocenters. The fraction of sp³-hybridized carbons (Fsp3) is 0.200. The molecule has 0 radical (unpaired) electrons. The molecule has 0 saturated heterocycles. The van der Waals surface area contributed by atoms with E-state index < -0.39 is 34.9 Å². The monoisotopic (exact) mass is 252 g/mol. The molecule has 1 aromatic rings. The highest BCUT2D eigenvalue weighted by Crippen LogP contribution is 2.38. The lowest BCUT2D eigenvalue weighted by molar-refractivity contribution is -0.139. The van der Waals surface area contributed by atoms with Crippen molar-refractivity contribution in [3.05, 3.63) is 34.4 Å². The molecule has 0 bridgehead atoms. The van der Waals surface area contributed by atoms with E-state index in [4.69, 9.17) is 0 Å². The number of hydrogen-bond donors (Lipinski definition) is 0. The lowest BCUT2D eigenvalue weighted by atomic mass is 9.98. The number of carbonyl (C=O) groups is 2. The van der Waals surface area contributed by atoms with Crippen LogP contribution in [0.25, 0.3) is 0 Å². The molecule has 0 aliphatic heterocycles. The molecule has 92 valence electrons. The van der Waals surface area contributed by atoms with Crippen molar-refractivity contribution in [3.8, 4) is 0 Å². The summed E-state index contributed by atoms with van der Waals surface area (Å²) in [5.41, 5.74) is -4.45. The number of aldehydes is 2. The second-order valence-corrected chi connectivity index (χ2v) is 3.11. The van der Waals surface area contributed by atoms with Crippen LogP contribution in [-0.2, 0) is 6.18 Å². The van der Waals surface area contributed by atoms with Gasteiger partial charge in [-0.2, -0.15) is 13.2 Å². The largest absolute Gasteiger partial charge is 0.417 e. The standard InChI is InChI=1S/C10H5F5O2/c11-9(12)7-2-5(3-16)1-6(4-17)8(7)10(13,14)15/h1-4,9H. The van der Waals surface area contributed by atoms with Crippen LogP contribution in [-0.4, -0.2) is 12.6 Å². The van der Waals surface area contributed by atoms with Crippen molar-refractivity contribution in [1.82, 2.24) is 0 Å². The summed E-state index contributed by atoms with van der Waals surface area (Å²) in [7, 11) is 0. The fourth-order valence-electron chi connectivity index (χ4n) is 1.37. The van der Waals surface area contributed by atoms with E-state index in [1.54, 1.807) is 0 Å². The third kappa shape index (κ3) is 2.66. The Morgan fingerprint density at radius 2 is 1.65 bits per heavy atom. The first kappa shape index (κ1) is 13.3. The van der Waals surface area contributed by atoms with Crippen LogP contribution < -0.4 is 0 Å². The molecule has 0 spiro atoms. The number of carbonyl (C=O) groups excluding carboxylic acids is 2. The first-order valence-corrected chi connectivity index (χ1v) is 4.25. The predicted molar refractivity (Wildman–Crippen MR) is 47.2 cm³/mol. The molecule has 0 aliphatic carbocycles. The first-order chi connectivity index (χ1) is 7.81. The molecule has 0 unspecified atom stereocenters. The third-order valence-corrected chi connectivity index (χ3v) is 2.00. The number of rotatable bonds is 3. The Morgan fingerprint density at radius 1 is 1.06 bits per heavy atom. The van der Waals surface area contributed by atoms with Crippen LogP contribution in [0, 0.1) is 0 Å². The second-order valence-electron chi connectivity index (χ2n) is 3.11. The average Bonchev–Trinajstić information content (AvgIpc) is 2.25. The maximum absolute atomic E-state index is 12.5. The zero-order chi connectivity index (χ0) is 13.2. The Hall–Kier alpha value is -1.79. The smallest absolute Gasteiger partial charge is 0.298 e. The van der Waals surface area contributed by atoms with Crippen molar-refractivity contribution < 1.29 is 31.5 Å². The van der Waals surface area contributed by atoms with Gasteiger partial charge in [-0.1, -0.05) is 0 Å². The lowest BCUT2D eigenvalue weighted by Crippen LogP contribution is -2.14. The average molecular weight is 252 g/mol. The Balaban J connectivity index is 3.64. The summed E-state index contributed by atoms with van der Waals surface area (Å²) in [5, 5.41) is 0. The first-order valence-electron chi connectivity index (χ1n) is 4.25. The van der Waals surface area contributed by atoms with Crippen LogP contribution in [0.2, 0.25) is 0 Å². The maximum atomic E-state index is 12.5. The van der Waals surface area contributed by atoms with Gasteiger partial charge >= 0.3 is 6.18 Å². The number of benzene rings is 1. The van der Waals surface area contributed by atoms with E-state index in [1.807, 2.05) is 0 Å². The summed E-state index contributed by atoms with van der Waals surface area (Å²) in [6.07, 6.45) is -8.62. The van der Waals surface area contributed by atoms with E-state index >= 15 is 0 Å². The Bertz CT molecular complexity index is 451. The van der Waals surface area contributed by atoms with Crippen LogP contribution in [0.3, 0.4) is 0 Å². The molecule has 0 heterocycles. The van der Waals surface area contributed by atoms with Crippen LogP contribution >= 0.6 is 0 Å². The topological polar surface area (TPSA) is 34.1 Å². The van der Waals surface area contributed by atoms with Crippen molar-refractivity contribution >= 4 is 12.6 Å². The molecule has 1 rings (SSSR count). The number of alkyl halides is 5. The molecule has 0 N–H and O–H groups in total. The van der Waals surface area contributed by atoms with Crippen molar-refractivity contribution in [1.29, 1.82) is 0 Å². The summed E-state index contributed by atoms with van der Waals surface area (Å²) in [6.45, 7) is 0. The lowest BCUT2D eigenvalue weighted by Gasteiger charge is -2.15. The summed E-state index contributed by atoms with van der Waals surface area (Å²) >= 11 is 0. The third-order valence-electron chi connectivity index (χ3n) is 2.00. The van der Waals surface area contributed by atoms with Gasteiger partial charge in [0, 0.05) is 16.7 Å². The van der Waals surface area contributed by atoms with E-state index in [9.17, 15) is 31.5 Å². The van der Waals surface area contributed by atoms with Crippen LogP contribution in [0.15, 0.2) is 12.1 Å². The number of halogens is 5. The normalized spacial score (nSPS) is 11.6. The van der Waals surface area contributed by atoms with E-state index in [-0.39, 0.29) is 12.6 Å². The Labute approximate surface area is 92.0 Å². The van der Waals surface area contributed by atoms with Crippen LogP contribution in [0.4, 0.5) is 22.0 Å². The van der Waals surface area contributed by atoms with Gasteiger partial charge in [-0.15, -0.1) is 0 Å². The number of hydrogen-bond acceptors (Lipinski definition) is 2. The molecule has 17 heavy (non-hydrogen) atoms. The molecule has 0 amide bonds. The molecule has 0 aromatic heterocycles. The predicted octanol–water partition coefficient (Wildman–Crippen LogP) is 3.27. The SMILES string of the molecule is O=Cc1cc(C=O)c(C(F)(F)F)c(C(F)F)c1. The van der Waals surface area contributed by atoms with Gasteiger partial charge in [0.15, 0.2) is 6.29 Å². The Morgan fingerprint density at radius 3 is 2.00 bits per heavy atom. The quantitative estimate of drug-likeness (QED) is 0.611. The van der Waals surface area contributed by atoms with E-state index in [2.05, 4.69) is 0 Å². The van der Waals surface area contributed by atoms with Crippen molar-refractivity contribution in [2.45, 2.75) is 12.6 Å². The zero-order valence-electron chi connectivity index (χ0n) is 8.09. The van der Waals surface area contributed by atoms with E-state index in [0.717, 1.165) is 0 Å². The molecule has 0 saturated carbocycles. The van der Waals surface area contributed by atoms with E-state index in [1.165, 1.54) is 0 Å². The highest BCUT2D eigenvalue weighted by molar-refractivity contribution is 5.84. The van der Waals surface area contributed by atoms with Crippen molar-refractivity contribution in [2.24, 2.45) is 0 Å². The summed E-state index contributed by atoms with van der Waals surface area (Å²) in [6, 6.07) is 1.04. The van der Waals surface area contributed by atoms with Gasteiger partial charge in [-0.05, 0) is 12.1 Å². The minimum absolute atomic E-state index is 0.0963.